The molecule has 1 saturated carbocycles. The van der Waals surface area contributed by atoms with Crippen LogP contribution < -0.4 is 4.74 Å². The van der Waals surface area contributed by atoms with Gasteiger partial charge in [0.1, 0.15) is 12.4 Å². The average molecular weight is 340 g/mol. The second-order valence-corrected chi connectivity index (χ2v) is 7.59. The largest absolute Gasteiger partial charge is 0.492 e. The highest BCUT2D eigenvalue weighted by Crippen LogP contribution is 2.36. The predicted octanol–water partition coefficient (Wildman–Crippen LogP) is 4.73. The van der Waals surface area contributed by atoms with Gasteiger partial charge >= 0.3 is 0 Å². The topological polar surface area (TPSA) is 12.5 Å². The van der Waals surface area contributed by atoms with Crippen LogP contribution in [0.1, 0.15) is 39.5 Å². The van der Waals surface area contributed by atoms with Crippen LogP contribution in [-0.4, -0.2) is 31.1 Å². The first kappa shape index (κ1) is 15.8. The lowest BCUT2D eigenvalue weighted by atomic mass is 9.75. The van der Waals surface area contributed by atoms with Gasteiger partial charge in [0.2, 0.25) is 0 Å². The molecule has 0 amide bonds. The summed E-state index contributed by atoms with van der Waals surface area (Å²) in [5.41, 5.74) is 0.547. The van der Waals surface area contributed by atoms with Crippen molar-refractivity contribution in [3.8, 4) is 5.75 Å². The number of nitrogens with zero attached hydrogens (tertiary/aromatic N) is 1. The van der Waals surface area contributed by atoms with Crippen LogP contribution in [0.2, 0.25) is 0 Å². The number of ether oxygens (including phenoxy) is 1. The lowest BCUT2D eigenvalue weighted by molar-refractivity contribution is 0.114. The molecule has 1 fully saturated rings. The minimum atomic E-state index is 0.547. The fraction of sp³-hybridized carbons (Fsp3) is 0.647. The molecule has 1 aromatic carbocycles. The van der Waals surface area contributed by atoms with Crippen molar-refractivity contribution in [2.75, 3.05) is 20.2 Å². The van der Waals surface area contributed by atoms with Gasteiger partial charge in [-0.05, 0) is 62.4 Å². The molecule has 1 aromatic rings. The van der Waals surface area contributed by atoms with Gasteiger partial charge in [-0.2, -0.15) is 0 Å². The van der Waals surface area contributed by atoms with Crippen molar-refractivity contribution in [1.29, 1.82) is 0 Å². The summed E-state index contributed by atoms with van der Waals surface area (Å²) in [6.45, 7) is 6.54. The molecule has 0 unspecified atom stereocenters. The minimum Gasteiger partial charge on any atom is -0.492 e. The Bertz CT molecular complexity index is 406. The number of likely N-dealkylation sites (N-methyl/N-ethyl adjacent to an activating group) is 1. The molecule has 0 atom stereocenters. The molecule has 0 aromatic heterocycles. The van der Waals surface area contributed by atoms with Crippen LogP contribution in [0, 0.1) is 5.41 Å². The van der Waals surface area contributed by atoms with Crippen molar-refractivity contribution in [2.24, 2.45) is 5.41 Å². The molecule has 0 heterocycles. The minimum absolute atomic E-state index is 0.547. The molecule has 1 aliphatic rings. The van der Waals surface area contributed by atoms with Gasteiger partial charge in [0.05, 0.1) is 0 Å². The van der Waals surface area contributed by atoms with Gasteiger partial charge in [0.25, 0.3) is 0 Å². The third-order valence-corrected chi connectivity index (χ3v) is 4.99. The second kappa shape index (κ2) is 6.95. The van der Waals surface area contributed by atoms with E-state index in [0.29, 0.717) is 5.41 Å². The summed E-state index contributed by atoms with van der Waals surface area (Å²) in [5.74, 6) is 0.950. The van der Waals surface area contributed by atoms with E-state index in [2.05, 4.69) is 41.7 Å². The number of halogens is 1. The van der Waals surface area contributed by atoms with Gasteiger partial charge in [-0.15, -0.1) is 0 Å². The Kier molecular flexibility index (Phi) is 5.50. The SMILES string of the molecule is CN(CCOc1ccc(Br)cc1)C1CCC(C)(C)CC1. The summed E-state index contributed by atoms with van der Waals surface area (Å²) in [4.78, 5) is 2.47. The molecule has 0 saturated heterocycles. The molecular formula is C17H26BrNO. The standard InChI is InChI=1S/C17H26BrNO/c1-17(2)10-8-15(9-11-17)19(3)12-13-20-16-6-4-14(18)5-7-16/h4-7,15H,8-13H2,1-3H3. The lowest BCUT2D eigenvalue weighted by Crippen LogP contribution is -2.39. The van der Waals surface area contributed by atoms with Gasteiger partial charge in [0, 0.05) is 17.1 Å². The maximum Gasteiger partial charge on any atom is 0.119 e. The van der Waals surface area contributed by atoms with Crippen molar-refractivity contribution in [2.45, 2.75) is 45.6 Å². The third kappa shape index (κ3) is 4.78. The van der Waals surface area contributed by atoms with Gasteiger partial charge in [-0.1, -0.05) is 29.8 Å². The molecule has 2 nitrogen and oxygen atoms in total. The van der Waals surface area contributed by atoms with E-state index in [-0.39, 0.29) is 0 Å². The molecule has 3 heteroatoms. The van der Waals surface area contributed by atoms with E-state index in [0.717, 1.165) is 29.4 Å². The number of hydrogen-bond acceptors (Lipinski definition) is 2. The zero-order valence-corrected chi connectivity index (χ0v) is 14.4. The maximum absolute atomic E-state index is 5.80. The monoisotopic (exact) mass is 339 g/mol. The van der Waals surface area contributed by atoms with E-state index in [1.807, 2.05) is 24.3 Å². The molecule has 0 bridgehead atoms. The third-order valence-electron chi connectivity index (χ3n) is 4.46. The summed E-state index contributed by atoms with van der Waals surface area (Å²) >= 11 is 3.43. The Morgan fingerprint density at radius 2 is 1.80 bits per heavy atom. The van der Waals surface area contributed by atoms with Crippen LogP contribution in [0.4, 0.5) is 0 Å². The highest BCUT2D eigenvalue weighted by Gasteiger charge is 2.28. The first-order valence-electron chi connectivity index (χ1n) is 7.55. The van der Waals surface area contributed by atoms with Crippen molar-refractivity contribution < 1.29 is 4.74 Å². The summed E-state index contributed by atoms with van der Waals surface area (Å²) < 4.78 is 6.89. The maximum atomic E-state index is 5.80. The Labute approximate surface area is 131 Å². The highest BCUT2D eigenvalue weighted by molar-refractivity contribution is 9.10. The molecule has 0 spiro atoms. The van der Waals surface area contributed by atoms with E-state index in [1.165, 1.54) is 25.7 Å². The van der Waals surface area contributed by atoms with Gasteiger partial charge < -0.3 is 9.64 Å². The average Bonchev–Trinajstić information content (AvgIpc) is 2.41. The van der Waals surface area contributed by atoms with Crippen LogP contribution in [0.3, 0.4) is 0 Å². The Balaban J connectivity index is 1.70. The van der Waals surface area contributed by atoms with E-state index in [1.54, 1.807) is 0 Å². The normalized spacial score (nSPS) is 19.2. The zero-order valence-electron chi connectivity index (χ0n) is 12.9. The first-order chi connectivity index (χ1) is 9.46. The van der Waals surface area contributed by atoms with E-state index < -0.39 is 0 Å². The molecule has 1 aliphatic carbocycles. The van der Waals surface area contributed by atoms with Gasteiger partial charge in [0.15, 0.2) is 0 Å². The molecule has 0 radical (unpaired) electrons. The quantitative estimate of drug-likeness (QED) is 0.768. The van der Waals surface area contributed by atoms with E-state index in [9.17, 15) is 0 Å². The van der Waals surface area contributed by atoms with Crippen molar-refractivity contribution >= 4 is 15.9 Å². The molecule has 0 N–H and O–H groups in total. The molecule has 20 heavy (non-hydrogen) atoms. The molecule has 2 rings (SSSR count). The van der Waals surface area contributed by atoms with Crippen LogP contribution >= 0.6 is 15.9 Å². The van der Waals surface area contributed by atoms with Gasteiger partial charge in [-0.25, -0.2) is 0 Å². The van der Waals surface area contributed by atoms with Crippen LogP contribution in [0.15, 0.2) is 28.7 Å². The molecular weight excluding hydrogens is 314 g/mol. The summed E-state index contributed by atoms with van der Waals surface area (Å²) in [6.07, 6.45) is 5.33. The van der Waals surface area contributed by atoms with Crippen molar-refractivity contribution in [3.63, 3.8) is 0 Å². The summed E-state index contributed by atoms with van der Waals surface area (Å²) in [7, 11) is 2.23. The fourth-order valence-electron chi connectivity index (χ4n) is 2.85. The number of hydrogen-bond donors (Lipinski definition) is 0. The Morgan fingerprint density at radius 3 is 2.40 bits per heavy atom. The van der Waals surface area contributed by atoms with Gasteiger partial charge in [-0.3, -0.25) is 0 Å². The summed E-state index contributed by atoms with van der Waals surface area (Å²) in [5, 5.41) is 0. The van der Waals surface area contributed by atoms with Crippen molar-refractivity contribution in [1.82, 2.24) is 4.90 Å². The number of benzene rings is 1. The zero-order chi connectivity index (χ0) is 14.6. The second-order valence-electron chi connectivity index (χ2n) is 6.68. The Morgan fingerprint density at radius 1 is 1.20 bits per heavy atom. The van der Waals surface area contributed by atoms with E-state index >= 15 is 0 Å². The Hall–Kier alpha value is -0.540. The molecule has 112 valence electrons. The fourth-order valence-corrected chi connectivity index (χ4v) is 3.11. The first-order valence-corrected chi connectivity index (χ1v) is 8.34. The van der Waals surface area contributed by atoms with Crippen molar-refractivity contribution in [3.05, 3.63) is 28.7 Å². The van der Waals surface area contributed by atoms with Crippen LogP contribution in [0.25, 0.3) is 0 Å². The highest BCUT2D eigenvalue weighted by atomic mass is 79.9. The van der Waals surface area contributed by atoms with E-state index in [4.69, 9.17) is 4.74 Å². The lowest BCUT2D eigenvalue weighted by Gasteiger charge is -2.38. The predicted molar refractivity (Wildman–Crippen MR) is 88.3 cm³/mol. The number of rotatable bonds is 5. The van der Waals surface area contributed by atoms with Crippen LogP contribution in [-0.2, 0) is 0 Å². The molecule has 0 aliphatic heterocycles. The smallest absolute Gasteiger partial charge is 0.119 e. The van der Waals surface area contributed by atoms with Crippen LogP contribution in [0.5, 0.6) is 5.75 Å². The summed E-state index contributed by atoms with van der Waals surface area (Å²) in [6, 6.07) is 8.78.